The van der Waals surface area contributed by atoms with Crippen molar-refractivity contribution in [2.45, 2.75) is 26.6 Å². The minimum absolute atomic E-state index is 0.153. The van der Waals surface area contributed by atoms with Gasteiger partial charge in [0.1, 0.15) is 6.54 Å². The largest absolute Gasteiger partial charge is 0.435 e. The van der Waals surface area contributed by atoms with Crippen molar-refractivity contribution in [3.63, 3.8) is 0 Å². The van der Waals surface area contributed by atoms with Crippen molar-refractivity contribution in [3.05, 3.63) is 18.0 Å². The normalized spacial score (nSPS) is 17.3. The number of carbonyl (C=O) groups excluding carboxylic acids is 1. The molecule has 0 aromatic carbocycles. The van der Waals surface area contributed by atoms with Crippen LogP contribution in [0.4, 0.5) is 13.2 Å². The number of rotatable bonds is 4. The van der Waals surface area contributed by atoms with Gasteiger partial charge in [-0.15, -0.1) is 0 Å². The van der Waals surface area contributed by atoms with Crippen LogP contribution in [-0.4, -0.2) is 58.2 Å². The van der Waals surface area contributed by atoms with Gasteiger partial charge in [0.25, 0.3) is 0 Å². The molecule has 0 spiro atoms. The Morgan fingerprint density at radius 1 is 1.27 bits per heavy atom. The maximum atomic E-state index is 12.5. The van der Waals surface area contributed by atoms with Gasteiger partial charge in [-0.3, -0.25) is 14.4 Å². The molecule has 0 bridgehead atoms. The van der Waals surface area contributed by atoms with Gasteiger partial charge in [-0.05, 0) is 12.0 Å². The molecule has 124 valence electrons. The topological polar surface area (TPSA) is 41.4 Å². The number of hydrogen-bond acceptors (Lipinski definition) is 3. The number of alkyl halides is 3. The minimum Gasteiger partial charge on any atom is -0.339 e. The average Bonchev–Trinajstić information content (AvgIpc) is 2.87. The molecular formula is C14H21F3N4O. The van der Waals surface area contributed by atoms with Crippen LogP contribution in [0.15, 0.2) is 12.3 Å². The zero-order chi connectivity index (χ0) is 16.3. The first kappa shape index (κ1) is 16.8. The summed E-state index contributed by atoms with van der Waals surface area (Å²) >= 11 is 0. The summed E-state index contributed by atoms with van der Waals surface area (Å²) in [7, 11) is 0. The number of amides is 1. The third kappa shape index (κ3) is 4.46. The fourth-order valence-electron chi connectivity index (χ4n) is 2.54. The highest BCUT2D eigenvalue weighted by atomic mass is 19.4. The van der Waals surface area contributed by atoms with Crippen LogP contribution >= 0.6 is 0 Å². The van der Waals surface area contributed by atoms with E-state index in [1.807, 2.05) is 0 Å². The highest BCUT2D eigenvalue weighted by molar-refractivity contribution is 5.76. The molecule has 1 aliphatic heterocycles. The highest BCUT2D eigenvalue weighted by Crippen LogP contribution is 2.27. The first-order valence-electron chi connectivity index (χ1n) is 7.36. The fourth-order valence-corrected chi connectivity index (χ4v) is 2.54. The molecule has 0 unspecified atom stereocenters. The van der Waals surface area contributed by atoms with E-state index in [1.54, 1.807) is 4.90 Å². The van der Waals surface area contributed by atoms with Gasteiger partial charge >= 0.3 is 6.18 Å². The van der Waals surface area contributed by atoms with Crippen LogP contribution in [0.2, 0.25) is 0 Å². The Labute approximate surface area is 127 Å². The van der Waals surface area contributed by atoms with Crippen LogP contribution in [0.25, 0.3) is 0 Å². The number of halogens is 3. The van der Waals surface area contributed by atoms with Gasteiger partial charge in [0.2, 0.25) is 5.91 Å². The lowest BCUT2D eigenvalue weighted by molar-refractivity contribution is -0.142. The van der Waals surface area contributed by atoms with Crippen LogP contribution in [-0.2, 0) is 17.5 Å². The maximum Gasteiger partial charge on any atom is 0.435 e. The Hall–Kier alpha value is -1.57. The van der Waals surface area contributed by atoms with Gasteiger partial charge in [-0.2, -0.15) is 18.3 Å². The number of nitrogens with zero attached hydrogens (tertiary/aromatic N) is 4. The Morgan fingerprint density at radius 2 is 1.91 bits per heavy atom. The Kier molecular flexibility index (Phi) is 5.10. The average molecular weight is 318 g/mol. The summed E-state index contributed by atoms with van der Waals surface area (Å²) in [4.78, 5) is 16.1. The van der Waals surface area contributed by atoms with Gasteiger partial charge in [0.15, 0.2) is 5.69 Å². The van der Waals surface area contributed by atoms with E-state index in [0.29, 0.717) is 19.0 Å². The van der Waals surface area contributed by atoms with E-state index < -0.39 is 11.9 Å². The molecule has 0 radical (unpaired) electrons. The quantitative estimate of drug-likeness (QED) is 0.848. The maximum absolute atomic E-state index is 12.5. The number of aromatic nitrogens is 2. The number of piperazine rings is 1. The van der Waals surface area contributed by atoms with Crippen LogP contribution in [0.1, 0.15) is 19.5 Å². The molecular weight excluding hydrogens is 297 g/mol. The molecule has 2 rings (SSSR count). The molecule has 1 aromatic heterocycles. The first-order valence-corrected chi connectivity index (χ1v) is 7.36. The monoisotopic (exact) mass is 318 g/mol. The molecule has 1 saturated heterocycles. The van der Waals surface area contributed by atoms with Crippen LogP contribution in [0.3, 0.4) is 0 Å². The lowest BCUT2D eigenvalue weighted by atomic mass is 10.2. The standard InChI is InChI=1S/C14H21F3N4O/c1-11(2)9-19-5-7-20(8-6-19)13(22)10-21-4-3-12(18-21)14(15,16)17/h3-4,11H,5-10H2,1-2H3. The smallest absolute Gasteiger partial charge is 0.339 e. The minimum atomic E-state index is -4.48. The predicted molar refractivity (Wildman–Crippen MR) is 75.1 cm³/mol. The van der Waals surface area contributed by atoms with Gasteiger partial charge in [0.05, 0.1) is 0 Å². The second-order valence-corrected chi connectivity index (χ2v) is 5.97. The fraction of sp³-hybridized carbons (Fsp3) is 0.714. The summed E-state index contributed by atoms with van der Waals surface area (Å²) in [5.41, 5.74) is -0.970. The lowest BCUT2D eigenvalue weighted by Crippen LogP contribution is -2.50. The van der Waals surface area contributed by atoms with Gasteiger partial charge < -0.3 is 4.90 Å². The van der Waals surface area contributed by atoms with Crippen LogP contribution in [0.5, 0.6) is 0 Å². The molecule has 2 heterocycles. The van der Waals surface area contributed by atoms with E-state index in [0.717, 1.165) is 30.4 Å². The predicted octanol–water partition coefficient (Wildman–Crippen LogP) is 1.70. The summed E-state index contributed by atoms with van der Waals surface area (Å²) in [5.74, 6) is 0.383. The van der Waals surface area contributed by atoms with Crippen molar-refractivity contribution in [2.75, 3.05) is 32.7 Å². The van der Waals surface area contributed by atoms with E-state index in [-0.39, 0.29) is 12.5 Å². The molecule has 0 atom stereocenters. The SMILES string of the molecule is CC(C)CN1CCN(C(=O)Cn2ccc(C(F)(F)F)n2)CC1. The zero-order valence-electron chi connectivity index (χ0n) is 12.8. The lowest BCUT2D eigenvalue weighted by Gasteiger charge is -2.35. The highest BCUT2D eigenvalue weighted by Gasteiger charge is 2.33. The molecule has 22 heavy (non-hydrogen) atoms. The van der Waals surface area contributed by atoms with E-state index in [1.165, 1.54) is 6.20 Å². The summed E-state index contributed by atoms with van der Waals surface area (Å²) < 4.78 is 38.4. The van der Waals surface area contributed by atoms with Crippen molar-refractivity contribution in [1.29, 1.82) is 0 Å². The van der Waals surface area contributed by atoms with Crippen LogP contribution < -0.4 is 0 Å². The zero-order valence-corrected chi connectivity index (χ0v) is 12.8. The molecule has 1 aliphatic rings. The number of carbonyl (C=O) groups is 1. The van der Waals surface area contributed by atoms with Gasteiger partial charge in [-0.25, -0.2) is 0 Å². The van der Waals surface area contributed by atoms with Gasteiger partial charge in [0, 0.05) is 38.9 Å². The summed E-state index contributed by atoms with van der Waals surface area (Å²) in [6.07, 6.45) is -3.29. The summed E-state index contributed by atoms with van der Waals surface area (Å²) in [6.45, 7) is 7.96. The molecule has 1 fully saturated rings. The molecule has 0 saturated carbocycles. The second kappa shape index (κ2) is 6.68. The molecule has 5 nitrogen and oxygen atoms in total. The van der Waals surface area contributed by atoms with Crippen molar-refractivity contribution < 1.29 is 18.0 Å². The Morgan fingerprint density at radius 3 is 2.41 bits per heavy atom. The summed E-state index contributed by atoms with van der Waals surface area (Å²) in [6, 6.07) is 0.883. The third-order valence-corrected chi connectivity index (χ3v) is 3.58. The van der Waals surface area contributed by atoms with Crippen LogP contribution in [0, 0.1) is 5.92 Å². The van der Waals surface area contributed by atoms with Crippen molar-refractivity contribution in [2.24, 2.45) is 5.92 Å². The Balaban J connectivity index is 1.85. The van der Waals surface area contributed by atoms with Crippen molar-refractivity contribution in [1.82, 2.24) is 19.6 Å². The van der Waals surface area contributed by atoms with Crippen molar-refractivity contribution >= 4 is 5.91 Å². The van der Waals surface area contributed by atoms with E-state index in [9.17, 15) is 18.0 Å². The van der Waals surface area contributed by atoms with E-state index in [4.69, 9.17) is 0 Å². The third-order valence-electron chi connectivity index (χ3n) is 3.58. The van der Waals surface area contributed by atoms with Crippen molar-refractivity contribution in [3.8, 4) is 0 Å². The molecule has 8 heteroatoms. The second-order valence-electron chi connectivity index (χ2n) is 5.97. The molecule has 0 N–H and O–H groups in total. The molecule has 0 aliphatic carbocycles. The molecule has 1 aromatic rings. The van der Waals surface area contributed by atoms with Gasteiger partial charge in [-0.1, -0.05) is 13.8 Å². The Bertz CT molecular complexity index is 504. The first-order chi connectivity index (χ1) is 10.3. The summed E-state index contributed by atoms with van der Waals surface area (Å²) in [5, 5.41) is 3.40. The van der Waals surface area contributed by atoms with E-state index >= 15 is 0 Å². The molecule has 1 amide bonds. The van der Waals surface area contributed by atoms with E-state index in [2.05, 4.69) is 23.8 Å². The number of hydrogen-bond donors (Lipinski definition) is 0.